The van der Waals surface area contributed by atoms with E-state index < -0.39 is 0 Å². The summed E-state index contributed by atoms with van der Waals surface area (Å²) in [4.78, 5) is 13.9. The van der Waals surface area contributed by atoms with Crippen LogP contribution in [-0.4, -0.2) is 44.0 Å². The fourth-order valence-corrected chi connectivity index (χ4v) is 2.35. The second-order valence-corrected chi connectivity index (χ2v) is 5.50. The van der Waals surface area contributed by atoms with E-state index in [1.807, 2.05) is 21.0 Å². The Labute approximate surface area is 112 Å². The van der Waals surface area contributed by atoms with E-state index in [0.717, 1.165) is 25.9 Å². The monoisotopic (exact) mass is 257 g/mol. The van der Waals surface area contributed by atoms with E-state index in [-0.39, 0.29) is 11.9 Å². The zero-order chi connectivity index (χ0) is 14.0. The number of rotatable bonds is 10. The molecule has 0 heterocycles. The van der Waals surface area contributed by atoms with Crippen molar-refractivity contribution in [2.75, 3.05) is 27.2 Å². The number of likely N-dealkylation sites (N-methyl/N-ethyl adjacent to an activating group) is 1. The lowest BCUT2D eigenvalue weighted by molar-refractivity contribution is -0.122. The van der Waals surface area contributed by atoms with Crippen LogP contribution in [0.1, 0.15) is 46.0 Å². The molecule has 0 spiro atoms. The smallest absolute Gasteiger partial charge is 0.220 e. The maximum atomic E-state index is 11.8. The predicted octanol–water partition coefficient (Wildman–Crippen LogP) is 1.60. The van der Waals surface area contributed by atoms with E-state index >= 15 is 0 Å². The summed E-state index contributed by atoms with van der Waals surface area (Å²) >= 11 is 0. The van der Waals surface area contributed by atoms with Crippen LogP contribution in [0.4, 0.5) is 0 Å². The highest BCUT2D eigenvalue weighted by molar-refractivity contribution is 5.76. The summed E-state index contributed by atoms with van der Waals surface area (Å²) in [5, 5.41) is 3.04. The number of nitrogens with two attached hydrogens (primary N) is 1. The van der Waals surface area contributed by atoms with Crippen molar-refractivity contribution in [1.29, 1.82) is 0 Å². The van der Waals surface area contributed by atoms with Gasteiger partial charge in [0.15, 0.2) is 0 Å². The van der Waals surface area contributed by atoms with Gasteiger partial charge >= 0.3 is 0 Å². The molecule has 0 aromatic carbocycles. The maximum absolute atomic E-state index is 11.8. The molecule has 4 nitrogen and oxygen atoms in total. The Morgan fingerprint density at radius 2 is 1.94 bits per heavy atom. The van der Waals surface area contributed by atoms with Crippen LogP contribution < -0.4 is 11.1 Å². The van der Waals surface area contributed by atoms with Gasteiger partial charge < -0.3 is 16.0 Å². The number of nitrogens with zero attached hydrogens (tertiary/aromatic N) is 1. The van der Waals surface area contributed by atoms with Gasteiger partial charge in [0.1, 0.15) is 0 Å². The van der Waals surface area contributed by atoms with Crippen molar-refractivity contribution in [2.24, 2.45) is 11.7 Å². The highest BCUT2D eigenvalue weighted by Crippen LogP contribution is 2.16. The standard InChI is InChI=1S/C14H31N3O/c1-5-6-13(9-10-15)7-8-14(18)16-12(2)11-17(3)4/h12-13H,5-11,15H2,1-4H3,(H,16,18). The Bertz CT molecular complexity index is 213. The Morgan fingerprint density at radius 1 is 1.28 bits per heavy atom. The molecule has 108 valence electrons. The zero-order valence-corrected chi connectivity index (χ0v) is 12.5. The minimum atomic E-state index is 0.169. The SMILES string of the molecule is CCCC(CCN)CCC(=O)NC(C)CN(C)C. The van der Waals surface area contributed by atoms with Crippen LogP contribution in [0.2, 0.25) is 0 Å². The molecule has 0 rings (SSSR count). The molecule has 0 saturated heterocycles. The second-order valence-electron chi connectivity index (χ2n) is 5.50. The minimum Gasteiger partial charge on any atom is -0.352 e. The summed E-state index contributed by atoms with van der Waals surface area (Å²) < 4.78 is 0. The summed E-state index contributed by atoms with van der Waals surface area (Å²) in [5.41, 5.74) is 5.60. The molecule has 18 heavy (non-hydrogen) atoms. The van der Waals surface area contributed by atoms with E-state index in [9.17, 15) is 4.79 Å². The normalized spacial score (nSPS) is 14.6. The maximum Gasteiger partial charge on any atom is 0.220 e. The van der Waals surface area contributed by atoms with Crippen LogP contribution in [0.15, 0.2) is 0 Å². The van der Waals surface area contributed by atoms with Gasteiger partial charge in [-0.2, -0.15) is 0 Å². The van der Waals surface area contributed by atoms with Gasteiger partial charge in [-0.3, -0.25) is 4.79 Å². The molecule has 4 heteroatoms. The number of nitrogens with one attached hydrogen (secondary N) is 1. The van der Waals surface area contributed by atoms with Crippen LogP contribution in [-0.2, 0) is 4.79 Å². The van der Waals surface area contributed by atoms with Gasteiger partial charge in [0.2, 0.25) is 5.91 Å². The minimum absolute atomic E-state index is 0.169. The van der Waals surface area contributed by atoms with Crippen LogP contribution in [0.5, 0.6) is 0 Å². The lowest BCUT2D eigenvalue weighted by Gasteiger charge is -2.19. The van der Waals surface area contributed by atoms with Crippen LogP contribution in [0, 0.1) is 5.92 Å². The third-order valence-electron chi connectivity index (χ3n) is 3.10. The molecule has 0 aliphatic heterocycles. The molecular formula is C14H31N3O. The quantitative estimate of drug-likeness (QED) is 0.625. The van der Waals surface area contributed by atoms with Crippen LogP contribution in [0.3, 0.4) is 0 Å². The number of hydrogen-bond acceptors (Lipinski definition) is 3. The van der Waals surface area contributed by atoms with Gasteiger partial charge in [-0.15, -0.1) is 0 Å². The summed E-state index contributed by atoms with van der Waals surface area (Å²) in [7, 11) is 4.03. The highest BCUT2D eigenvalue weighted by Gasteiger charge is 2.12. The van der Waals surface area contributed by atoms with Gasteiger partial charge in [-0.1, -0.05) is 19.8 Å². The Morgan fingerprint density at radius 3 is 2.44 bits per heavy atom. The van der Waals surface area contributed by atoms with E-state index in [4.69, 9.17) is 5.73 Å². The van der Waals surface area contributed by atoms with E-state index in [1.54, 1.807) is 0 Å². The lowest BCUT2D eigenvalue weighted by Crippen LogP contribution is -2.39. The van der Waals surface area contributed by atoms with Crippen molar-refractivity contribution < 1.29 is 4.79 Å². The van der Waals surface area contributed by atoms with Crippen molar-refractivity contribution in [3.8, 4) is 0 Å². The molecule has 0 saturated carbocycles. The molecule has 0 aliphatic rings. The fourth-order valence-electron chi connectivity index (χ4n) is 2.35. The molecule has 0 radical (unpaired) electrons. The number of carbonyl (C=O) groups is 1. The van der Waals surface area contributed by atoms with Crippen LogP contribution >= 0.6 is 0 Å². The summed E-state index contributed by atoms with van der Waals surface area (Å²) in [5.74, 6) is 0.775. The molecule has 0 fully saturated rings. The van der Waals surface area contributed by atoms with Gasteiger partial charge in [0, 0.05) is 19.0 Å². The van der Waals surface area contributed by atoms with Gasteiger partial charge in [-0.25, -0.2) is 0 Å². The first-order chi connectivity index (χ1) is 8.49. The topological polar surface area (TPSA) is 58.4 Å². The average molecular weight is 257 g/mol. The zero-order valence-electron chi connectivity index (χ0n) is 12.5. The van der Waals surface area contributed by atoms with Crippen LogP contribution in [0.25, 0.3) is 0 Å². The Hall–Kier alpha value is -0.610. The van der Waals surface area contributed by atoms with Crippen molar-refractivity contribution in [1.82, 2.24) is 10.2 Å². The summed E-state index contributed by atoms with van der Waals surface area (Å²) in [6, 6.07) is 0.214. The molecule has 0 aliphatic carbocycles. The van der Waals surface area contributed by atoms with Gasteiger partial charge in [-0.05, 0) is 46.3 Å². The second kappa shape index (κ2) is 10.3. The summed E-state index contributed by atoms with van der Waals surface area (Å²) in [6.45, 7) is 5.83. The first-order valence-electron chi connectivity index (χ1n) is 7.13. The molecule has 2 unspecified atom stereocenters. The predicted molar refractivity (Wildman–Crippen MR) is 77.5 cm³/mol. The average Bonchev–Trinajstić information content (AvgIpc) is 2.25. The molecule has 0 aromatic heterocycles. The van der Waals surface area contributed by atoms with Crippen molar-refractivity contribution in [2.45, 2.75) is 52.0 Å². The Kier molecular flexibility index (Phi) is 9.98. The molecule has 2 atom stereocenters. The molecular weight excluding hydrogens is 226 g/mol. The number of hydrogen-bond donors (Lipinski definition) is 2. The first kappa shape index (κ1) is 17.4. The largest absolute Gasteiger partial charge is 0.352 e. The van der Waals surface area contributed by atoms with E-state index in [1.165, 1.54) is 12.8 Å². The first-order valence-corrected chi connectivity index (χ1v) is 7.13. The fraction of sp³-hybridized carbons (Fsp3) is 0.929. The van der Waals surface area contributed by atoms with Crippen molar-refractivity contribution in [3.05, 3.63) is 0 Å². The Balaban J connectivity index is 3.85. The number of carbonyl (C=O) groups excluding carboxylic acids is 1. The van der Waals surface area contributed by atoms with E-state index in [2.05, 4.69) is 17.1 Å². The third kappa shape index (κ3) is 9.42. The summed E-state index contributed by atoms with van der Waals surface area (Å²) in [6.07, 6.45) is 4.98. The third-order valence-corrected chi connectivity index (χ3v) is 3.10. The van der Waals surface area contributed by atoms with Crippen molar-refractivity contribution in [3.63, 3.8) is 0 Å². The lowest BCUT2D eigenvalue weighted by atomic mass is 9.94. The molecule has 0 bridgehead atoms. The van der Waals surface area contributed by atoms with E-state index in [0.29, 0.717) is 12.3 Å². The number of amides is 1. The molecule has 1 amide bonds. The van der Waals surface area contributed by atoms with Gasteiger partial charge in [0.25, 0.3) is 0 Å². The van der Waals surface area contributed by atoms with Gasteiger partial charge in [0.05, 0.1) is 0 Å². The van der Waals surface area contributed by atoms with Crippen molar-refractivity contribution >= 4 is 5.91 Å². The molecule has 3 N–H and O–H groups in total. The highest BCUT2D eigenvalue weighted by atomic mass is 16.1. The molecule has 0 aromatic rings.